The molecule has 2 aromatic rings. The Morgan fingerprint density at radius 1 is 1.17 bits per heavy atom. The Bertz CT molecular complexity index is 865. The summed E-state index contributed by atoms with van der Waals surface area (Å²) in [7, 11) is -3.80. The number of thioether (sulfide) groups is 1. The van der Waals surface area contributed by atoms with Crippen molar-refractivity contribution in [2.75, 3.05) is 5.75 Å². The maximum Gasteiger partial charge on any atom is 0.313 e. The first kappa shape index (κ1) is 18.0. The second-order valence-corrected chi connectivity index (χ2v) is 7.89. The number of carboxylic acids is 1. The van der Waals surface area contributed by atoms with Crippen molar-refractivity contribution in [3.63, 3.8) is 0 Å². The summed E-state index contributed by atoms with van der Waals surface area (Å²) in [5.41, 5.74) is 0.167. The van der Waals surface area contributed by atoms with E-state index in [2.05, 4.69) is 0 Å². The zero-order chi connectivity index (χ0) is 17.7. The fourth-order valence-corrected chi connectivity index (χ4v) is 4.13. The number of carbonyl (C=O) groups is 1. The van der Waals surface area contributed by atoms with Gasteiger partial charge in [0.15, 0.2) is 9.84 Å². The number of nitro groups is 1. The average Bonchev–Trinajstić information content (AvgIpc) is 2.53. The number of nitro benzene ring substituents is 1. The standard InChI is InChI=1S/C15H13NO6S2/c17-15(18)9-23-13-6-12(16(19)20)7-14(8-13)24(21,22)10-11-4-2-1-3-5-11/h1-8H,9-10H2,(H,17,18). The van der Waals surface area contributed by atoms with Gasteiger partial charge in [-0.25, -0.2) is 8.42 Å². The Morgan fingerprint density at radius 3 is 2.42 bits per heavy atom. The molecule has 7 nitrogen and oxygen atoms in total. The lowest BCUT2D eigenvalue weighted by Gasteiger charge is -2.07. The van der Waals surface area contributed by atoms with Crippen LogP contribution in [-0.4, -0.2) is 30.2 Å². The molecule has 0 aromatic heterocycles. The third kappa shape index (κ3) is 4.80. The molecule has 0 fully saturated rings. The maximum atomic E-state index is 12.5. The number of aliphatic carboxylic acids is 1. The zero-order valence-corrected chi connectivity index (χ0v) is 13.9. The van der Waals surface area contributed by atoms with Crippen molar-refractivity contribution >= 4 is 33.3 Å². The smallest absolute Gasteiger partial charge is 0.313 e. The van der Waals surface area contributed by atoms with Gasteiger partial charge in [-0.1, -0.05) is 30.3 Å². The molecule has 0 atom stereocenters. The summed E-state index contributed by atoms with van der Waals surface area (Å²) in [4.78, 5) is 21.0. The number of sulfone groups is 1. The molecule has 0 saturated carbocycles. The fraction of sp³-hybridized carbons (Fsp3) is 0.133. The number of nitrogens with zero attached hydrogens (tertiary/aromatic N) is 1. The van der Waals surface area contributed by atoms with Gasteiger partial charge < -0.3 is 5.11 Å². The molecule has 0 amide bonds. The predicted octanol–water partition coefficient (Wildman–Crippen LogP) is 2.75. The highest BCUT2D eigenvalue weighted by Crippen LogP contribution is 2.29. The van der Waals surface area contributed by atoms with Crippen LogP contribution < -0.4 is 0 Å². The van der Waals surface area contributed by atoms with Crippen molar-refractivity contribution in [1.29, 1.82) is 0 Å². The summed E-state index contributed by atoms with van der Waals surface area (Å²) in [6, 6.07) is 11.9. The van der Waals surface area contributed by atoms with Gasteiger partial charge in [0, 0.05) is 17.0 Å². The number of non-ortho nitro benzene ring substituents is 1. The molecule has 0 aliphatic rings. The summed E-state index contributed by atoms with van der Waals surface area (Å²) in [6.45, 7) is 0. The van der Waals surface area contributed by atoms with Crippen LogP contribution in [-0.2, 0) is 20.4 Å². The lowest BCUT2D eigenvalue weighted by Crippen LogP contribution is -2.06. The molecule has 0 aliphatic carbocycles. The zero-order valence-electron chi connectivity index (χ0n) is 12.3. The molecule has 0 radical (unpaired) electrons. The van der Waals surface area contributed by atoms with Crippen LogP contribution in [0.25, 0.3) is 0 Å². The van der Waals surface area contributed by atoms with Gasteiger partial charge in [-0.3, -0.25) is 14.9 Å². The first-order valence-corrected chi connectivity index (χ1v) is 9.32. The molecular formula is C15H13NO6S2. The van der Waals surface area contributed by atoms with Crippen LogP contribution in [0, 0.1) is 10.1 Å². The molecule has 24 heavy (non-hydrogen) atoms. The highest BCUT2D eigenvalue weighted by atomic mass is 32.2. The highest BCUT2D eigenvalue weighted by molar-refractivity contribution is 8.00. The van der Waals surface area contributed by atoms with E-state index < -0.39 is 26.4 Å². The molecule has 2 aromatic carbocycles. The summed E-state index contributed by atoms with van der Waals surface area (Å²) >= 11 is 0.828. The fourth-order valence-electron chi connectivity index (χ4n) is 1.95. The van der Waals surface area contributed by atoms with Crippen molar-refractivity contribution in [3.05, 3.63) is 64.2 Å². The van der Waals surface area contributed by atoms with Crippen LogP contribution in [0.1, 0.15) is 5.56 Å². The summed E-state index contributed by atoms with van der Waals surface area (Å²) < 4.78 is 25.0. The minimum absolute atomic E-state index is 0.201. The van der Waals surface area contributed by atoms with Gasteiger partial charge in [-0.2, -0.15) is 0 Å². The lowest BCUT2D eigenvalue weighted by atomic mass is 10.2. The number of carboxylic acid groups (broad SMARTS) is 1. The number of rotatable bonds is 7. The van der Waals surface area contributed by atoms with Crippen LogP contribution in [0.4, 0.5) is 5.69 Å². The molecule has 9 heteroatoms. The molecule has 0 unspecified atom stereocenters. The summed E-state index contributed by atoms with van der Waals surface area (Å²) in [5.74, 6) is -1.71. The molecular weight excluding hydrogens is 354 g/mol. The highest BCUT2D eigenvalue weighted by Gasteiger charge is 2.21. The Morgan fingerprint density at radius 2 is 1.83 bits per heavy atom. The van der Waals surface area contributed by atoms with E-state index in [4.69, 9.17) is 5.11 Å². The molecule has 0 saturated heterocycles. The third-order valence-corrected chi connectivity index (χ3v) is 5.62. The molecule has 0 heterocycles. The quantitative estimate of drug-likeness (QED) is 0.454. The van der Waals surface area contributed by atoms with Gasteiger partial charge in [-0.05, 0) is 11.6 Å². The normalized spacial score (nSPS) is 11.2. The number of hydrogen-bond donors (Lipinski definition) is 1. The Hall–Kier alpha value is -2.39. The second-order valence-electron chi connectivity index (χ2n) is 4.85. The molecule has 0 spiro atoms. The average molecular weight is 367 g/mol. The first-order chi connectivity index (χ1) is 11.3. The predicted molar refractivity (Wildman–Crippen MR) is 88.8 cm³/mol. The molecule has 126 valence electrons. The molecule has 0 aliphatic heterocycles. The van der Waals surface area contributed by atoms with Crippen molar-refractivity contribution in [3.8, 4) is 0 Å². The monoisotopic (exact) mass is 367 g/mol. The Labute approximate surface area is 142 Å². The van der Waals surface area contributed by atoms with Gasteiger partial charge in [-0.15, -0.1) is 11.8 Å². The van der Waals surface area contributed by atoms with E-state index in [1.54, 1.807) is 30.3 Å². The SMILES string of the molecule is O=C(O)CSc1cc([N+](=O)[O-])cc(S(=O)(=O)Cc2ccccc2)c1. The van der Waals surface area contributed by atoms with Crippen molar-refractivity contribution < 1.29 is 23.2 Å². The van der Waals surface area contributed by atoms with E-state index in [1.165, 1.54) is 6.07 Å². The topological polar surface area (TPSA) is 115 Å². The molecule has 0 bridgehead atoms. The number of hydrogen-bond acceptors (Lipinski definition) is 6. The van der Waals surface area contributed by atoms with Gasteiger partial charge in [0.1, 0.15) is 0 Å². The lowest BCUT2D eigenvalue weighted by molar-refractivity contribution is -0.385. The van der Waals surface area contributed by atoms with Crippen molar-refractivity contribution in [2.24, 2.45) is 0 Å². The second kappa shape index (κ2) is 7.45. The van der Waals surface area contributed by atoms with Crippen LogP contribution in [0.5, 0.6) is 0 Å². The van der Waals surface area contributed by atoms with E-state index in [9.17, 15) is 23.3 Å². The van der Waals surface area contributed by atoms with Crippen molar-refractivity contribution in [1.82, 2.24) is 0 Å². The van der Waals surface area contributed by atoms with E-state index in [0.29, 0.717) is 5.56 Å². The minimum Gasteiger partial charge on any atom is -0.481 e. The summed E-state index contributed by atoms with van der Waals surface area (Å²) in [5, 5.41) is 19.7. The van der Waals surface area contributed by atoms with E-state index in [-0.39, 0.29) is 21.3 Å². The van der Waals surface area contributed by atoms with Gasteiger partial charge in [0.25, 0.3) is 5.69 Å². The first-order valence-electron chi connectivity index (χ1n) is 6.69. The van der Waals surface area contributed by atoms with Gasteiger partial charge in [0.2, 0.25) is 0 Å². The van der Waals surface area contributed by atoms with Crippen molar-refractivity contribution in [2.45, 2.75) is 15.5 Å². The summed E-state index contributed by atoms with van der Waals surface area (Å²) in [6.07, 6.45) is 0. The van der Waals surface area contributed by atoms with Gasteiger partial charge in [0.05, 0.1) is 21.3 Å². The van der Waals surface area contributed by atoms with E-state index in [0.717, 1.165) is 23.9 Å². The maximum absolute atomic E-state index is 12.5. The third-order valence-electron chi connectivity index (χ3n) is 3.00. The van der Waals surface area contributed by atoms with Crippen LogP contribution in [0.2, 0.25) is 0 Å². The van der Waals surface area contributed by atoms with E-state index in [1.807, 2.05) is 0 Å². The molecule has 2 rings (SSSR count). The van der Waals surface area contributed by atoms with E-state index >= 15 is 0 Å². The van der Waals surface area contributed by atoms with Crippen LogP contribution >= 0.6 is 11.8 Å². The van der Waals surface area contributed by atoms with Crippen LogP contribution in [0.3, 0.4) is 0 Å². The Kier molecular flexibility index (Phi) is 5.58. The van der Waals surface area contributed by atoms with Gasteiger partial charge >= 0.3 is 5.97 Å². The molecule has 1 N–H and O–H groups in total. The number of benzene rings is 2. The Balaban J connectivity index is 2.39. The minimum atomic E-state index is -3.80. The van der Waals surface area contributed by atoms with Crippen LogP contribution in [0.15, 0.2) is 58.3 Å². The largest absolute Gasteiger partial charge is 0.481 e.